The van der Waals surface area contributed by atoms with Crippen molar-refractivity contribution >= 4 is 5.91 Å². The highest BCUT2D eigenvalue weighted by Crippen LogP contribution is 2.41. The van der Waals surface area contributed by atoms with Crippen molar-refractivity contribution in [1.82, 2.24) is 10.3 Å². The number of nitrogens with two attached hydrogens (primary N) is 1. The Balaban J connectivity index is 1.43. The van der Waals surface area contributed by atoms with Gasteiger partial charge in [-0.2, -0.15) is 0 Å². The van der Waals surface area contributed by atoms with Gasteiger partial charge in [-0.25, -0.2) is 0 Å². The van der Waals surface area contributed by atoms with E-state index in [-0.39, 0.29) is 17.4 Å². The van der Waals surface area contributed by atoms with Crippen molar-refractivity contribution in [2.24, 2.45) is 11.7 Å². The number of hydrogen-bond donors (Lipinski definition) is 2. The number of nitrogens with one attached hydrogen (secondary N) is 1. The van der Waals surface area contributed by atoms with Crippen LogP contribution in [0.5, 0.6) is 0 Å². The summed E-state index contributed by atoms with van der Waals surface area (Å²) in [5.74, 6) is 0.578. The molecular formula is C22H27N3O. The van der Waals surface area contributed by atoms with Gasteiger partial charge in [0.2, 0.25) is 0 Å². The van der Waals surface area contributed by atoms with Crippen LogP contribution < -0.4 is 11.1 Å². The topological polar surface area (TPSA) is 68.0 Å². The first kappa shape index (κ1) is 17.2. The molecule has 2 fully saturated rings. The van der Waals surface area contributed by atoms with Crippen LogP contribution in [0.1, 0.15) is 53.7 Å². The van der Waals surface area contributed by atoms with E-state index in [4.69, 9.17) is 5.73 Å². The summed E-state index contributed by atoms with van der Waals surface area (Å²) in [5, 5.41) is 3.24. The highest BCUT2D eigenvalue weighted by Gasteiger charge is 2.38. The number of benzene rings is 1. The molecule has 4 nitrogen and oxygen atoms in total. The second-order valence-corrected chi connectivity index (χ2v) is 7.88. The van der Waals surface area contributed by atoms with Gasteiger partial charge >= 0.3 is 0 Å². The molecule has 3 N–H and O–H groups in total. The molecule has 2 aromatic rings. The fourth-order valence-corrected chi connectivity index (χ4v) is 3.96. The fourth-order valence-electron chi connectivity index (χ4n) is 3.96. The van der Waals surface area contributed by atoms with Crippen molar-refractivity contribution in [2.75, 3.05) is 6.54 Å². The lowest BCUT2D eigenvalue weighted by molar-refractivity contribution is 0.0931. The number of aromatic nitrogens is 1. The molecule has 26 heavy (non-hydrogen) atoms. The maximum Gasteiger partial charge on any atom is 0.253 e. The third kappa shape index (κ3) is 3.51. The van der Waals surface area contributed by atoms with Gasteiger partial charge in [0, 0.05) is 29.9 Å². The zero-order valence-corrected chi connectivity index (χ0v) is 15.2. The summed E-state index contributed by atoms with van der Waals surface area (Å²) in [6.45, 7) is 0.631. The van der Waals surface area contributed by atoms with Crippen LogP contribution in [0, 0.1) is 5.92 Å². The Morgan fingerprint density at radius 3 is 2.50 bits per heavy atom. The van der Waals surface area contributed by atoms with E-state index < -0.39 is 0 Å². The van der Waals surface area contributed by atoms with E-state index in [1.54, 1.807) is 6.20 Å². The van der Waals surface area contributed by atoms with Crippen LogP contribution in [-0.2, 0) is 11.8 Å². The predicted molar refractivity (Wildman–Crippen MR) is 103 cm³/mol. The van der Waals surface area contributed by atoms with Crippen molar-refractivity contribution in [3.8, 4) is 0 Å². The van der Waals surface area contributed by atoms with Gasteiger partial charge in [0.15, 0.2) is 0 Å². The lowest BCUT2D eigenvalue weighted by atomic mass is 9.66. The first-order chi connectivity index (χ1) is 12.7. The molecule has 2 aliphatic rings. The average molecular weight is 349 g/mol. The molecule has 0 spiro atoms. The van der Waals surface area contributed by atoms with E-state index >= 15 is 0 Å². The highest BCUT2D eigenvalue weighted by atomic mass is 16.1. The van der Waals surface area contributed by atoms with Gasteiger partial charge < -0.3 is 11.1 Å². The number of carbonyl (C=O) groups is 1. The SMILES string of the molecule is NCC1(c2ccc(C(=O)NC(Cc3ccccc3)C3CC3)cn2)CCC1. The molecule has 0 aliphatic heterocycles. The van der Waals surface area contributed by atoms with Gasteiger partial charge in [0.25, 0.3) is 5.91 Å². The molecule has 0 radical (unpaired) electrons. The van der Waals surface area contributed by atoms with Crippen LogP contribution in [0.4, 0.5) is 0 Å². The van der Waals surface area contributed by atoms with Crippen LogP contribution in [0.15, 0.2) is 48.7 Å². The first-order valence-electron chi connectivity index (χ1n) is 9.72. The molecule has 1 amide bonds. The Morgan fingerprint density at radius 1 is 1.19 bits per heavy atom. The molecule has 4 heteroatoms. The smallest absolute Gasteiger partial charge is 0.253 e. The lowest BCUT2D eigenvalue weighted by Crippen LogP contribution is -2.42. The zero-order chi connectivity index (χ0) is 18.0. The van der Waals surface area contributed by atoms with Gasteiger partial charge in [0.05, 0.1) is 5.56 Å². The van der Waals surface area contributed by atoms with Crippen molar-refractivity contribution in [2.45, 2.75) is 50.0 Å². The molecule has 1 heterocycles. The summed E-state index contributed by atoms with van der Waals surface area (Å²) in [4.78, 5) is 17.3. The Kier molecular flexibility index (Phi) is 4.77. The van der Waals surface area contributed by atoms with Gasteiger partial charge in [-0.3, -0.25) is 9.78 Å². The van der Waals surface area contributed by atoms with Gasteiger partial charge in [-0.05, 0) is 55.7 Å². The zero-order valence-electron chi connectivity index (χ0n) is 15.2. The van der Waals surface area contributed by atoms with E-state index in [2.05, 4.69) is 34.6 Å². The third-order valence-electron chi connectivity index (χ3n) is 6.08. The number of rotatable bonds is 7. The number of pyridine rings is 1. The first-order valence-corrected chi connectivity index (χ1v) is 9.72. The Bertz CT molecular complexity index is 743. The molecular weight excluding hydrogens is 322 g/mol. The molecule has 0 bridgehead atoms. The second-order valence-electron chi connectivity index (χ2n) is 7.88. The van der Waals surface area contributed by atoms with E-state index in [0.717, 1.165) is 25.0 Å². The normalized spacial score (nSPS) is 19.4. The molecule has 1 aromatic heterocycles. The average Bonchev–Trinajstić information content (AvgIpc) is 3.47. The molecule has 1 atom stereocenters. The molecule has 1 aromatic carbocycles. The molecule has 136 valence electrons. The van der Waals surface area contributed by atoms with Gasteiger partial charge in [0.1, 0.15) is 0 Å². The van der Waals surface area contributed by atoms with Crippen LogP contribution in [0.3, 0.4) is 0 Å². The second kappa shape index (κ2) is 7.20. The number of nitrogens with zero attached hydrogens (tertiary/aromatic N) is 1. The van der Waals surface area contributed by atoms with E-state index in [1.165, 1.54) is 24.8 Å². The largest absolute Gasteiger partial charge is 0.349 e. The predicted octanol–water partition coefficient (Wildman–Crippen LogP) is 3.21. The van der Waals surface area contributed by atoms with Crippen molar-refractivity contribution in [3.63, 3.8) is 0 Å². The monoisotopic (exact) mass is 349 g/mol. The van der Waals surface area contributed by atoms with E-state index in [0.29, 0.717) is 18.0 Å². The summed E-state index contributed by atoms with van der Waals surface area (Å²) < 4.78 is 0. The molecule has 2 aliphatic carbocycles. The quantitative estimate of drug-likeness (QED) is 0.806. The number of hydrogen-bond acceptors (Lipinski definition) is 3. The van der Waals surface area contributed by atoms with E-state index in [9.17, 15) is 4.79 Å². The van der Waals surface area contributed by atoms with Crippen LogP contribution in [0.2, 0.25) is 0 Å². The fraction of sp³-hybridized carbons (Fsp3) is 0.455. The molecule has 0 saturated heterocycles. The van der Waals surface area contributed by atoms with Crippen molar-refractivity contribution in [3.05, 3.63) is 65.5 Å². The molecule has 4 rings (SSSR count). The van der Waals surface area contributed by atoms with E-state index in [1.807, 2.05) is 18.2 Å². The standard InChI is InChI=1S/C22H27N3O/c23-15-22(11-4-12-22)20-10-9-18(14-24-20)21(26)25-19(17-7-8-17)13-16-5-2-1-3-6-16/h1-3,5-6,9-10,14,17,19H,4,7-8,11-13,15,23H2,(H,25,26). The molecule has 1 unspecified atom stereocenters. The summed E-state index contributed by atoms with van der Waals surface area (Å²) in [7, 11) is 0. The Hall–Kier alpha value is -2.20. The lowest BCUT2D eigenvalue weighted by Gasteiger charge is -2.40. The minimum absolute atomic E-state index is 0.0210. The van der Waals surface area contributed by atoms with Crippen LogP contribution in [0.25, 0.3) is 0 Å². The number of amides is 1. The summed E-state index contributed by atoms with van der Waals surface area (Å²) in [6.07, 6.45) is 8.42. The maximum atomic E-state index is 12.7. The molecule has 2 saturated carbocycles. The van der Waals surface area contributed by atoms with Crippen molar-refractivity contribution in [1.29, 1.82) is 0 Å². The minimum Gasteiger partial charge on any atom is -0.349 e. The van der Waals surface area contributed by atoms with Crippen LogP contribution in [-0.4, -0.2) is 23.5 Å². The third-order valence-corrected chi connectivity index (χ3v) is 6.08. The van der Waals surface area contributed by atoms with Crippen molar-refractivity contribution < 1.29 is 4.79 Å². The Morgan fingerprint density at radius 2 is 1.96 bits per heavy atom. The summed E-state index contributed by atoms with van der Waals surface area (Å²) in [6, 6.07) is 14.5. The number of carbonyl (C=O) groups excluding carboxylic acids is 1. The Labute approximate surface area is 155 Å². The maximum absolute atomic E-state index is 12.7. The summed E-state index contributed by atoms with van der Waals surface area (Å²) >= 11 is 0. The van der Waals surface area contributed by atoms with Crippen LogP contribution >= 0.6 is 0 Å². The van der Waals surface area contributed by atoms with Gasteiger partial charge in [-0.15, -0.1) is 0 Å². The van der Waals surface area contributed by atoms with Gasteiger partial charge in [-0.1, -0.05) is 36.8 Å². The minimum atomic E-state index is -0.0210. The summed E-state index contributed by atoms with van der Waals surface area (Å²) in [5.41, 5.74) is 8.94. The highest BCUT2D eigenvalue weighted by molar-refractivity contribution is 5.94.